The average molecular weight is 405 g/mol. The van der Waals surface area contributed by atoms with E-state index in [1.54, 1.807) is 6.07 Å². The molecule has 1 unspecified atom stereocenters. The second-order valence-corrected chi connectivity index (χ2v) is 7.36. The molecule has 1 aliphatic heterocycles. The van der Waals surface area contributed by atoms with Gasteiger partial charge in [0.1, 0.15) is 12.4 Å². The van der Waals surface area contributed by atoms with Gasteiger partial charge in [-0.25, -0.2) is 4.39 Å². The smallest absolute Gasteiger partial charge is 0.254 e. The van der Waals surface area contributed by atoms with Crippen LogP contribution in [0.15, 0.2) is 72.9 Å². The molecular weight excluding hydrogens is 381 g/mol. The number of carbonyl (C=O) groups is 2. The normalized spacial score (nSPS) is 15.5. The first-order valence-electron chi connectivity index (χ1n) is 10.1. The Balaban J connectivity index is 1.59. The quantitative estimate of drug-likeness (QED) is 0.650. The molecule has 3 aromatic rings. The molecule has 2 aromatic carbocycles. The fourth-order valence-corrected chi connectivity index (χ4v) is 4.02. The van der Waals surface area contributed by atoms with Crippen LogP contribution in [-0.4, -0.2) is 45.8 Å². The van der Waals surface area contributed by atoms with Gasteiger partial charge in [-0.3, -0.25) is 9.59 Å². The van der Waals surface area contributed by atoms with Crippen molar-refractivity contribution in [3.63, 3.8) is 0 Å². The van der Waals surface area contributed by atoms with Gasteiger partial charge in [0, 0.05) is 37.1 Å². The molecule has 1 aliphatic rings. The Morgan fingerprint density at radius 2 is 1.83 bits per heavy atom. The molecule has 30 heavy (non-hydrogen) atoms. The van der Waals surface area contributed by atoms with E-state index in [0.29, 0.717) is 19.6 Å². The Morgan fingerprint density at radius 3 is 2.57 bits per heavy atom. The lowest BCUT2D eigenvalue weighted by Gasteiger charge is -2.38. The van der Waals surface area contributed by atoms with Gasteiger partial charge in [0.2, 0.25) is 5.91 Å². The summed E-state index contributed by atoms with van der Waals surface area (Å²) < 4.78 is 15.7. The van der Waals surface area contributed by atoms with Gasteiger partial charge >= 0.3 is 0 Å². The van der Waals surface area contributed by atoms with Crippen molar-refractivity contribution < 1.29 is 14.0 Å². The van der Waals surface area contributed by atoms with Crippen molar-refractivity contribution in [1.29, 1.82) is 0 Å². The number of carbonyl (C=O) groups excluding carboxylic acids is 2. The summed E-state index contributed by atoms with van der Waals surface area (Å²) in [5.74, 6) is -0.936. The van der Waals surface area contributed by atoms with Gasteiger partial charge in [0.15, 0.2) is 0 Å². The minimum Gasteiger partial charge on any atom is -0.348 e. The van der Waals surface area contributed by atoms with Crippen molar-refractivity contribution in [2.45, 2.75) is 19.5 Å². The number of hydrogen-bond acceptors (Lipinski definition) is 2. The van der Waals surface area contributed by atoms with Gasteiger partial charge < -0.3 is 14.4 Å². The molecule has 0 fully saturated rings. The van der Waals surface area contributed by atoms with E-state index >= 15 is 0 Å². The van der Waals surface area contributed by atoms with E-state index in [1.165, 1.54) is 23.1 Å². The van der Waals surface area contributed by atoms with E-state index in [-0.39, 0.29) is 30.0 Å². The highest BCUT2D eigenvalue weighted by molar-refractivity contribution is 5.96. The topological polar surface area (TPSA) is 45.6 Å². The molecule has 0 radical (unpaired) electrons. The first kappa shape index (κ1) is 19.9. The number of rotatable bonds is 5. The van der Waals surface area contributed by atoms with E-state index < -0.39 is 5.82 Å². The standard InChI is InChI=1S/C24H24FN3O2/c1-2-26(24(30)19-10-6-11-20(25)16-19)17-22(29)28-15-14-27-13-7-12-21(27)23(28)18-8-4-3-5-9-18/h3-13,16,23H,2,14-15,17H2,1H3. The second-order valence-electron chi connectivity index (χ2n) is 7.36. The van der Waals surface area contributed by atoms with Crippen LogP contribution < -0.4 is 0 Å². The van der Waals surface area contributed by atoms with Gasteiger partial charge in [-0.15, -0.1) is 0 Å². The number of amides is 2. The van der Waals surface area contributed by atoms with Crippen LogP contribution in [0.5, 0.6) is 0 Å². The maximum Gasteiger partial charge on any atom is 0.254 e. The molecule has 2 heterocycles. The summed E-state index contributed by atoms with van der Waals surface area (Å²) in [4.78, 5) is 29.5. The van der Waals surface area contributed by atoms with E-state index in [1.807, 2.05) is 60.5 Å². The number of halogens is 1. The second kappa shape index (κ2) is 8.53. The molecule has 0 spiro atoms. The van der Waals surface area contributed by atoms with Crippen molar-refractivity contribution in [3.8, 4) is 0 Å². The zero-order chi connectivity index (χ0) is 21.1. The number of fused-ring (bicyclic) bond motifs is 1. The van der Waals surface area contributed by atoms with E-state index in [4.69, 9.17) is 0 Å². The number of benzene rings is 2. The fraction of sp³-hybridized carbons (Fsp3) is 0.250. The Labute approximate surface area is 175 Å². The molecule has 6 heteroatoms. The maximum absolute atomic E-state index is 13.5. The Morgan fingerprint density at radius 1 is 1.03 bits per heavy atom. The molecule has 0 N–H and O–H groups in total. The largest absolute Gasteiger partial charge is 0.348 e. The zero-order valence-electron chi connectivity index (χ0n) is 16.9. The highest BCUT2D eigenvalue weighted by atomic mass is 19.1. The average Bonchev–Trinajstić information content (AvgIpc) is 3.25. The molecule has 2 amide bonds. The predicted molar refractivity (Wildman–Crippen MR) is 112 cm³/mol. The summed E-state index contributed by atoms with van der Waals surface area (Å²) in [6.45, 7) is 3.41. The third kappa shape index (κ3) is 3.85. The van der Waals surface area contributed by atoms with E-state index in [2.05, 4.69) is 4.57 Å². The highest BCUT2D eigenvalue weighted by Crippen LogP contribution is 2.32. The van der Waals surface area contributed by atoms with Gasteiger partial charge in [0.25, 0.3) is 5.91 Å². The van der Waals surface area contributed by atoms with Crippen LogP contribution in [0, 0.1) is 5.82 Å². The van der Waals surface area contributed by atoms with Crippen molar-refractivity contribution >= 4 is 11.8 Å². The van der Waals surface area contributed by atoms with Crippen molar-refractivity contribution in [1.82, 2.24) is 14.4 Å². The molecule has 0 aliphatic carbocycles. The van der Waals surface area contributed by atoms with Crippen molar-refractivity contribution in [3.05, 3.63) is 95.6 Å². The number of aromatic nitrogens is 1. The summed E-state index contributed by atoms with van der Waals surface area (Å²) in [5.41, 5.74) is 2.34. The van der Waals surface area contributed by atoms with Crippen molar-refractivity contribution in [2.24, 2.45) is 0 Å². The lowest BCUT2D eigenvalue weighted by atomic mass is 10.00. The van der Waals surface area contributed by atoms with Crippen LogP contribution >= 0.6 is 0 Å². The van der Waals surface area contributed by atoms with Crippen LogP contribution in [0.1, 0.15) is 34.6 Å². The lowest BCUT2D eigenvalue weighted by Crippen LogP contribution is -2.48. The molecule has 154 valence electrons. The van der Waals surface area contributed by atoms with E-state index in [9.17, 15) is 14.0 Å². The number of likely N-dealkylation sites (N-methyl/N-ethyl adjacent to an activating group) is 1. The molecule has 0 saturated heterocycles. The molecule has 1 aromatic heterocycles. The van der Waals surface area contributed by atoms with Gasteiger partial charge in [-0.05, 0) is 42.8 Å². The fourth-order valence-electron chi connectivity index (χ4n) is 4.02. The summed E-state index contributed by atoms with van der Waals surface area (Å²) in [6.07, 6.45) is 2.03. The van der Waals surface area contributed by atoms with Crippen LogP contribution in [0.2, 0.25) is 0 Å². The molecule has 4 rings (SSSR count). The highest BCUT2D eigenvalue weighted by Gasteiger charge is 2.33. The molecule has 1 atom stereocenters. The monoisotopic (exact) mass is 405 g/mol. The third-order valence-corrected chi connectivity index (χ3v) is 5.54. The summed E-state index contributed by atoms with van der Waals surface area (Å²) in [7, 11) is 0. The van der Waals surface area contributed by atoms with Crippen molar-refractivity contribution in [2.75, 3.05) is 19.6 Å². The number of hydrogen-bond donors (Lipinski definition) is 0. The predicted octanol–water partition coefficient (Wildman–Crippen LogP) is 3.72. The minimum absolute atomic E-state index is 0.0457. The number of nitrogens with zero attached hydrogens (tertiary/aromatic N) is 3. The lowest BCUT2D eigenvalue weighted by molar-refractivity contribution is -0.134. The SMILES string of the molecule is CCN(CC(=O)N1CCn2cccc2C1c1ccccc1)C(=O)c1cccc(F)c1. The van der Waals surface area contributed by atoms with Crippen LogP contribution in [-0.2, 0) is 11.3 Å². The summed E-state index contributed by atoms with van der Waals surface area (Å²) in [6, 6.07) is 19.3. The van der Waals surface area contributed by atoms with Gasteiger partial charge in [0.05, 0.1) is 6.04 Å². The summed E-state index contributed by atoms with van der Waals surface area (Å²) >= 11 is 0. The molecule has 5 nitrogen and oxygen atoms in total. The van der Waals surface area contributed by atoms with E-state index in [0.717, 1.165) is 11.3 Å². The van der Waals surface area contributed by atoms with Gasteiger partial charge in [-0.1, -0.05) is 36.4 Å². The Bertz CT molecular complexity index is 1050. The maximum atomic E-state index is 13.5. The summed E-state index contributed by atoms with van der Waals surface area (Å²) in [5, 5.41) is 0. The molecule has 0 saturated carbocycles. The van der Waals surface area contributed by atoms with Crippen LogP contribution in [0.4, 0.5) is 4.39 Å². The van der Waals surface area contributed by atoms with Gasteiger partial charge in [-0.2, -0.15) is 0 Å². The first-order valence-corrected chi connectivity index (χ1v) is 10.1. The third-order valence-electron chi connectivity index (χ3n) is 5.54. The Kier molecular flexibility index (Phi) is 5.65. The van der Waals surface area contributed by atoms with Crippen LogP contribution in [0.25, 0.3) is 0 Å². The first-order chi connectivity index (χ1) is 14.6. The van der Waals surface area contributed by atoms with Crippen LogP contribution in [0.3, 0.4) is 0 Å². The molecular formula is C24H24FN3O2. The Hall–Kier alpha value is -3.41. The zero-order valence-corrected chi connectivity index (χ0v) is 16.9. The molecule has 0 bridgehead atoms. The minimum atomic E-state index is -0.468.